The minimum atomic E-state index is -3.95. The Kier molecular flexibility index (Phi) is 8.54. The standard InChI is InChI=1S/C26H30N2O5S/c1-20-10-16-24(17-11-20)34(30,31)28(22-12-14-23(32-2)15-13-22)19-26(29)27-18-6-8-21-7-4-5-9-25(21)33-3/h4-5,7,9-17H,6,8,18-19H2,1-3H3,(H,27,29). The highest BCUT2D eigenvalue weighted by Gasteiger charge is 2.27. The molecule has 1 N–H and O–H groups in total. The molecule has 7 nitrogen and oxygen atoms in total. The summed E-state index contributed by atoms with van der Waals surface area (Å²) in [6, 6.07) is 20.9. The summed E-state index contributed by atoms with van der Waals surface area (Å²) in [4.78, 5) is 12.9. The number of amides is 1. The quantitative estimate of drug-likeness (QED) is 0.418. The van der Waals surface area contributed by atoms with E-state index >= 15 is 0 Å². The molecule has 0 bridgehead atoms. The van der Waals surface area contributed by atoms with E-state index in [2.05, 4.69) is 5.32 Å². The number of methoxy groups -OCH3 is 2. The number of nitrogens with one attached hydrogen (secondary N) is 1. The van der Waals surface area contributed by atoms with Crippen molar-refractivity contribution in [2.75, 3.05) is 31.6 Å². The number of hydrogen-bond donors (Lipinski definition) is 1. The zero-order valence-electron chi connectivity index (χ0n) is 19.7. The average molecular weight is 483 g/mol. The molecule has 0 spiro atoms. The van der Waals surface area contributed by atoms with Crippen molar-refractivity contribution < 1.29 is 22.7 Å². The number of rotatable bonds is 11. The van der Waals surface area contributed by atoms with Crippen LogP contribution in [0.5, 0.6) is 11.5 Å². The molecular formula is C26H30N2O5S. The minimum Gasteiger partial charge on any atom is -0.497 e. The predicted octanol–water partition coefficient (Wildman–Crippen LogP) is 3.96. The van der Waals surface area contributed by atoms with Crippen molar-refractivity contribution in [3.05, 3.63) is 83.9 Å². The molecule has 3 rings (SSSR count). The summed E-state index contributed by atoms with van der Waals surface area (Å²) in [5.74, 6) is 1.02. The molecular weight excluding hydrogens is 452 g/mol. The van der Waals surface area contributed by atoms with Crippen molar-refractivity contribution >= 4 is 21.6 Å². The number of aryl methyl sites for hydroxylation is 2. The summed E-state index contributed by atoms with van der Waals surface area (Å²) in [7, 11) is -0.789. The van der Waals surface area contributed by atoms with Gasteiger partial charge in [0, 0.05) is 6.54 Å². The van der Waals surface area contributed by atoms with Crippen molar-refractivity contribution in [2.24, 2.45) is 0 Å². The Morgan fingerprint density at radius 2 is 1.59 bits per heavy atom. The van der Waals surface area contributed by atoms with Crippen LogP contribution in [0.1, 0.15) is 17.5 Å². The second kappa shape index (κ2) is 11.6. The number of carbonyl (C=O) groups excluding carboxylic acids is 1. The van der Waals surface area contributed by atoms with Crippen LogP contribution in [0, 0.1) is 6.92 Å². The fourth-order valence-corrected chi connectivity index (χ4v) is 4.92. The first-order valence-corrected chi connectivity index (χ1v) is 12.4. The largest absolute Gasteiger partial charge is 0.497 e. The molecule has 0 unspecified atom stereocenters. The summed E-state index contributed by atoms with van der Waals surface area (Å²) in [5.41, 5.74) is 2.38. The molecule has 0 fully saturated rings. The predicted molar refractivity (Wildman–Crippen MR) is 133 cm³/mol. The SMILES string of the molecule is COc1ccc(N(CC(=O)NCCCc2ccccc2OC)S(=O)(=O)c2ccc(C)cc2)cc1. The lowest BCUT2D eigenvalue weighted by Gasteiger charge is -2.24. The van der Waals surface area contributed by atoms with Crippen molar-refractivity contribution in [1.29, 1.82) is 0 Å². The number of para-hydroxylation sites is 1. The van der Waals surface area contributed by atoms with Crippen molar-refractivity contribution in [1.82, 2.24) is 5.32 Å². The average Bonchev–Trinajstić information content (AvgIpc) is 2.85. The highest BCUT2D eigenvalue weighted by molar-refractivity contribution is 7.92. The van der Waals surface area contributed by atoms with E-state index in [0.29, 0.717) is 24.4 Å². The molecule has 0 saturated carbocycles. The van der Waals surface area contributed by atoms with Gasteiger partial charge < -0.3 is 14.8 Å². The number of nitrogens with zero attached hydrogens (tertiary/aromatic N) is 1. The third kappa shape index (κ3) is 6.29. The maximum Gasteiger partial charge on any atom is 0.264 e. The van der Waals surface area contributed by atoms with Gasteiger partial charge in [0.05, 0.1) is 24.8 Å². The van der Waals surface area contributed by atoms with E-state index in [1.165, 1.54) is 7.11 Å². The van der Waals surface area contributed by atoms with E-state index in [0.717, 1.165) is 27.6 Å². The van der Waals surface area contributed by atoms with Crippen LogP contribution in [0.3, 0.4) is 0 Å². The van der Waals surface area contributed by atoms with Gasteiger partial charge in [-0.2, -0.15) is 0 Å². The number of ether oxygens (including phenoxy) is 2. The summed E-state index contributed by atoms with van der Waals surface area (Å²) >= 11 is 0. The third-order valence-electron chi connectivity index (χ3n) is 5.39. The Morgan fingerprint density at radius 3 is 2.24 bits per heavy atom. The topological polar surface area (TPSA) is 84.9 Å². The van der Waals surface area contributed by atoms with Crippen LogP contribution >= 0.6 is 0 Å². The van der Waals surface area contributed by atoms with Gasteiger partial charge in [0.1, 0.15) is 18.0 Å². The van der Waals surface area contributed by atoms with Crippen LogP contribution < -0.4 is 19.1 Å². The number of hydrogen-bond acceptors (Lipinski definition) is 5. The summed E-state index contributed by atoms with van der Waals surface area (Å²) in [6.45, 7) is 1.96. The van der Waals surface area contributed by atoms with Crippen molar-refractivity contribution in [3.63, 3.8) is 0 Å². The van der Waals surface area contributed by atoms with E-state index in [-0.39, 0.29) is 17.3 Å². The Labute approximate surface area is 201 Å². The normalized spacial score (nSPS) is 11.0. The summed E-state index contributed by atoms with van der Waals surface area (Å²) < 4.78 is 38.5. The van der Waals surface area contributed by atoms with Gasteiger partial charge in [0.25, 0.3) is 10.0 Å². The van der Waals surface area contributed by atoms with Crippen LogP contribution in [0.2, 0.25) is 0 Å². The molecule has 0 radical (unpaired) electrons. The maximum atomic E-state index is 13.4. The molecule has 0 aliphatic heterocycles. The molecule has 0 atom stereocenters. The Morgan fingerprint density at radius 1 is 0.912 bits per heavy atom. The summed E-state index contributed by atoms with van der Waals surface area (Å²) in [5, 5.41) is 2.84. The molecule has 3 aromatic rings. The van der Waals surface area contributed by atoms with Gasteiger partial charge in [-0.3, -0.25) is 9.10 Å². The zero-order chi connectivity index (χ0) is 24.6. The molecule has 180 valence electrons. The second-order valence-electron chi connectivity index (χ2n) is 7.79. The molecule has 0 aromatic heterocycles. The molecule has 1 amide bonds. The van der Waals surface area contributed by atoms with Gasteiger partial charge in [-0.1, -0.05) is 35.9 Å². The van der Waals surface area contributed by atoms with E-state index in [1.54, 1.807) is 55.6 Å². The lowest BCUT2D eigenvalue weighted by Crippen LogP contribution is -2.41. The zero-order valence-corrected chi connectivity index (χ0v) is 20.5. The third-order valence-corrected chi connectivity index (χ3v) is 7.18. The molecule has 0 saturated heterocycles. The number of carbonyl (C=O) groups is 1. The first-order valence-electron chi connectivity index (χ1n) is 11.0. The van der Waals surface area contributed by atoms with Gasteiger partial charge in [0.2, 0.25) is 5.91 Å². The van der Waals surface area contributed by atoms with E-state index < -0.39 is 10.0 Å². The van der Waals surface area contributed by atoms with Gasteiger partial charge in [-0.25, -0.2) is 8.42 Å². The minimum absolute atomic E-state index is 0.123. The molecule has 8 heteroatoms. The Bertz CT molecular complexity index is 1190. The van der Waals surface area contributed by atoms with Gasteiger partial charge >= 0.3 is 0 Å². The molecule has 34 heavy (non-hydrogen) atoms. The monoisotopic (exact) mass is 482 g/mol. The fraction of sp³-hybridized carbons (Fsp3) is 0.269. The van der Waals surface area contributed by atoms with E-state index in [4.69, 9.17) is 9.47 Å². The van der Waals surface area contributed by atoms with Gasteiger partial charge in [-0.05, 0) is 67.8 Å². The van der Waals surface area contributed by atoms with Crippen molar-refractivity contribution in [2.45, 2.75) is 24.7 Å². The van der Waals surface area contributed by atoms with Gasteiger partial charge in [-0.15, -0.1) is 0 Å². The van der Waals surface area contributed by atoms with E-state index in [9.17, 15) is 13.2 Å². The van der Waals surface area contributed by atoms with Crippen LogP contribution in [0.15, 0.2) is 77.7 Å². The molecule has 0 aliphatic carbocycles. The van der Waals surface area contributed by atoms with Gasteiger partial charge in [0.15, 0.2) is 0 Å². The number of benzene rings is 3. The Hall–Kier alpha value is -3.52. The lowest BCUT2D eigenvalue weighted by molar-refractivity contribution is -0.119. The van der Waals surface area contributed by atoms with Crippen LogP contribution in [0.4, 0.5) is 5.69 Å². The smallest absolute Gasteiger partial charge is 0.264 e. The first kappa shape index (κ1) is 25.1. The molecule has 0 aliphatic rings. The van der Waals surface area contributed by atoms with Crippen molar-refractivity contribution in [3.8, 4) is 11.5 Å². The Balaban J connectivity index is 1.71. The second-order valence-corrected chi connectivity index (χ2v) is 9.65. The highest BCUT2D eigenvalue weighted by atomic mass is 32.2. The first-order chi connectivity index (χ1) is 16.3. The summed E-state index contributed by atoms with van der Waals surface area (Å²) in [6.07, 6.45) is 1.42. The van der Waals surface area contributed by atoms with Crippen LogP contribution in [-0.2, 0) is 21.2 Å². The number of sulfonamides is 1. The van der Waals surface area contributed by atoms with Crippen LogP contribution in [0.25, 0.3) is 0 Å². The molecule has 0 heterocycles. The molecule has 3 aromatic carbocycles. The highest BCUT2D eigenvalue weighted by Crippen LogP contribution is 2.26. The van der Waals surface area contributed by atoms with E-state index in [1.807, 2.05) is 31.2 Å². The van der Waals surface area contributed by atoms with Crippen LogP contribution in [-0.4, -0.2) is 41.6 Å². The lowest BCUT2D eigenvalue weighted by atomic mass is 10.1. The number of anilines is 1. The fourth-order valence-electron chi connectivity index (χ4n) is 3.50. The maximum absolute atomic E-state index is 13.4.